The molecule has 1 aliphatic heterocycles. The molecule has 1 N–H and O–H groups in total. The van der Waals surface area contributed by atoms with Gasteiger partial charge in [0.2, 0.25) is 0 Å². The van der Waals surface area contributed by atoms with Gasteiger partial charge in [-0.05, 0) is 48.2 Å². The Bertz CT molecular complexity index is 893. The molecule has 4 nitrogen and oxygen atoms in total. The minimum atomic E-state index is -0.218. The summed E-state index contributed by atoms with van der Waals surface area (Å²) in [5.41, 5.74) is 6.31. The molecule has 0 bridgehead atoms. The SMILES string of the molecule is C=Cc1[nH]c2cccc3c2c1C[C@@H]1[C@@H]3C=C(COC(C)=O)CN1CCC. The Morgan fingerprint density at radius 3 is 3.04 bits per heavy atom. The molecule has 1 aromatic heterocycles. The van der Waals surface area contributed by atoms with E-state index in [4.69, 9.17) is 4.74 Å². The van der Waals surface area contributed by atoms with Crippen LogP contribution < -0.4 is 0 Å². The van der Waals surface area contributed by atoms with Crippen molar-refractivity contribution in [1.29, 1.82) is 0 Å². The van der Waals surface area contributed by atoms with Crippen molar-refractivity contribution in [2.24, 2.45) is 0 Å². The molecule has 1 aromatic carbocycles. The zero-order chi connectivity index (χ0) is 18.3. The molecule has 0 amide bonds. The van der Waals surface area contributed by atoms with Crippen LogP contribution in [-0.4, -0.2) is 41.6 Å². The highest BCUT2D eigenvalue weighted by molar-refractivity contribution is 5.92. The number of rotatable bonds is 5. The van der Waals surface area contributed by atoms with Crippen LogP contribution in [0.25, 0.3) is 17.0 Å². The van der Waals surface area contributed by atoms with Crippen molar-refractivity contribution in [3.05, 3.63) is 53.2 Å². The van der Waals surface area contributed by atoms with Crippen molar-refractivity contribution >= 4 is 22.9 Å². The second kappa shape index (κ2) is 6.76. The average molecular weight is 350 g/mol. The highest BCUT2D eigenvalue weighted by atomic mass is 16.5. The van der Waals surface area contributed by atoms with Gasteiger partial charge >= 0.3 is 5.97 Å². The lowest BCUT2D eigenvalue weighted by Crippen LogP contribution is -2.47. The minimum absolute atomic E-state index is 0.218. The number of H-pyrrole nitrogens is 1. The maximum atomic E-state index is 11.3. The van der Waals surface area contributed by atoms with Crippen LogP contribution >= 0.6 is 0 Å². The van der Waals surface area contributed by atoms with Gasteiger partial charge in [-0.3, -0.25) is 9.69 Å². The van der Waals surface area contributed by atoms with Gasteiger partial charge in [-0.25, -0.2) is 0 Å². The molecule has 2 aliphatic rings. The van der Waals surface area contributed by atoms with Crippen LogP contribution in [0, 0.1) is 0 Å². The van der Waals surface area contributed by atoms with E-state index in [2.05, 4.69) is 47.7 Å². The van der Waals surface area contributed by atoms with Gasteiger partial charge in [-0.15, -0.1) is 0 Å². The molecular formula is C22H26N2O2. The number of aromatic amines is 1. The molecule has 136 valence electrons. The second-order valence-electron chi connectivity index (χ2n) is 7.36. The summed E-state index contributed by atoms with van der Waals surface area (Å²) in [7, 11) is 0. The number of ether oxygens (including phenoxy) is 1. The third-order valence-corrected chi connectivity index (χ3v) is 5.65. The van der Waals surface area contributed by atoms with Crippen LogP contribution in [0.1, 0.15) is 43.0 Å². The van der Waals surface area contributed by atoms with E-state index in [0.29, 0.717) is 18.6 Å². The first-order valence-electron chi connectivity index (χ1n) is 9.45. The van der Waals surface area contributed by atoms with Crippen LogP contribution in [0.15, 0.2) is 36.4 Å². The lowest BCUT2D eigenvalue weighted by atomic mass is 9.76. The first-order valence-corrected chi connectivity index (χ1v) is 9.45. The number of fused-ring (bicyclic) bond motifs is 2. The third-order valence-electron chi connectivity index (χ3n) is 5.65. The van der Waals surface area contributed by atoms with E-state index in [1.807, 2.05) is 6.08 Å². The largest absolute Gasteiger partial charge is 0.461 e. The van der Waals surface area contributed by atoms with Gasteiger partial charge in [-0.1, -0.05) is 31.7 Å². The number of carbonyl (C=O) groups excluding carboxylic acids is 1. The molecule has 0 fully saturated rings. The minimum Gasteiger partial charge on any atom is -0.461 e. The van der Waals surface area contributed by atoms with E-state index in [1.54, 1.807) is 0 Å². The van der Waals surface area contributed by atoms with Crippen molar-refractivity contribution < 1.29 is 9.53 Å². The molecule has 0 saturated heterocycles. The van der Waals surface area contributed by atoms with Crippen LogP contribution in [-0.2, 0) is 16.0 Å². The van der Waals surface area contributed by atoms with E-state index < -0.39 is 0 Å². The fraction of sp³-hybridized carbons (Fsp3) is 0.409. The van der Waals surface area contributed by atoms with E-state index in [0.717, 1.165) is 31.6 Å². The maximum absolute atomic E-state index is 11.3. The van der Waals surface area contributed by atoms with Crippen LogP contribution in [0.2, 0.25) is 0 Å². The summed E-state index contributed by atoms with van der Waals surface area (Å²) in [6.45, 7) is 10.0. The van der Waals surface area contributed by atoms with Crippen molar-refractivity contribution in [2.75, 3.05) is 19.7 Å². The normalized spacial score (nSPS) is 22.0. The van der Waals surface area contributed by atoms with E-state index in [-0.39, 0.29) is 5.97 Å². The van der Waals surface area contributed by atoms with Crippen molar-refractivity contribution in [3.8, 4) is 0 Å². The lowest BCUT2D eigenvalue weighted by molar-refractivity contribution is -0.140. The van der Waals surface area contributed by atoms with Gasteiger partial charge in [0, 0.05) is 42.0 Å². The first kappa shape index (κ1) is 17.1. The highest BCUT2D eigenvalue weighted by Crippen LogP contribution is 2.43. The smallest absolute Gasteiger partial charge is 0.302 e. The summed E-state index contributed by atoms with van der Waals surface area (Å²) in [6, 6.07) is 6.97. The van der Waals surface area contributed by atoms with Gasteiger partial charge in [0.25, 0.3) is 0 Å². The Kier molecular flexibility index (Phi) is 4.45. The number of carbonyl (C=O) groups is 1. The van der Waals surface area contributed by atoms with Crippen molar-refractivity contribution in [1.82, 2.24) is 9.88 Å². The van der Waals surface area contributed by atoms with Gasteiger partial charge in [0.05, 0.1) is 0 Å². The van der Waals surface area contributed by atoms with Crippen LogP contribution in [0.4, 0.5) is 0 Å². The molecule has 0 unspecified atom stereocenters. The Labute approximate surface area is 154 Å². The standard InChI is InChI=1S/C22H26N2O2/c1-4-9-24-12-15(13-26-14(3)25)10-17-16-7-6-8-20-22(16)18(11-21(17)24)19(5-2)23-20/h5-8,10,17,21,23H,2,4,9,11-13H2,1,3H3/t17-,21-/m1/s1. The summed E-state index contributed by atoms with van der Waals surface area (Å²) in [6.07, 6.45) is 6.43. The van der Waals surface area contributed by atoms with Crippen molar-refractivity contribution in [3.63, 3.8) is 0 Å². The number of aromatic nitrogens is 1. The molecule has 2 aromatic rings. The van der Waals surface area contributed by atoms with E-state index in [9.17, 15) is 4.79 Å². The van der Waals surface area contributed by atoms with Crippen molar-refractivity contribution in [2.45, 2.75) is 38.6 Å². The number of hydrogen-bond acceptors (Lipinski definition) is 3. The summed E-state index contributed by atoms with van der Waals surface area (Å²) in [5.74, 6) is 0.120. The topological polar surface area (TPSA) is 45.3 Å². The fourth-order valence-electron chi connectivity index (χ4n) is 4.64. The van der Waals surface area contributed by atoms with Gasteiger partial charge in [0.15, 0.2) is 0 Å². The Hall–Kier alpha value is -2.33. The summed E-state index contributed by atoms with van der Waals surface area (Å²) in [5, 5.41) is 1.35. The molecule has 2 atom stereocenters. The number of hydrogen-bond donors (Lipinski definition) is 1. The number of esters is 1. The Morgan fingerprint density at radius 2 is 2.31 bits per heavy atom. The van der Waals surface area contributed by atoms with Gasteiger partial charge in [-0.2, -0.15) is 0 Å². The highest BCUT2D eigenvalue weighted by Gasteiger charge is 2.37. The first-order chi connectivity index (χ1) is 12.6. The predicted octanol–water partition coefficient (Wildman–Crippen LogP) is 4.03. The van der Waals surface area contributed by atoms with Gasteiger partial charge in [0.1, 0.15) is 6.61 Å². The maximum Gasteiger partial charge on any atom is 0.302 e. The number of nitrogens with zero attached hydrogens (tertiary/aromatic N) is 1. The lowest BCUT2D eigenvalue weighted by Gasteiger charge is -2.43. The molecule has 0 saturated carbocycles. The molecule has 1 aliphatic carbocycles. The third kappa shape index (κ3) is 2.78. The quantitative estimate of drug-likeness (QED) is 0.654. The zero-order valence-electron chi connectivity index (χ0n) is 15.5. The molecule has 4 rings (SSSR count). The number of nitrogens with one attached hydrogen (secondary N) is 1. The number of benzene rings is 1. The Balaban J connectivity index is 1.81. The van der Waals surface area contributed by atoms with Crippen LogP contribution in [0.5, 0.6) is 0 Å². The molecule has 0 spiro atoms. The molecule has 26 heavy (non-hydrogen) atoms. The predicted molar refractivity (Wildman–Crippen MR) is 105 cm³/mol. The van der Waals surface area contributed by atoms with Gasteiger partial charge < -0.3 is 9.72 Å². The van der Waals surface area contributed by atoms with E-state index >= 15 is 0 Å². The Morgan fingerprint density at radius 1 is 1.46 bits per heavy atom. The fourth-order valence-corrected chi connectivity index (χ4v) is 4.64. The zero-order valence-corrected chi connectivity index (χ0v) is 15.5. The molecule has 4 heteroatoms. The molecule has 0 radical (unpaired) electrons. The average Bonchev–Trinajstić information content (AvgIpc) is 3.00. The second-order valence-corrected chi connectivity index (χ2v) is 7.36. The van der Waals surface area contributed by atoms with E-state index in [1.165, 1.54) is 34.5 Å². The van der Waals surface area contributed by atoms with Crippen LogP contribution in [0.3, 0.4) is 0 Å². The molecular weight excluding hydrogens is 324 g/mol. The summed E-state index contributed by atoms with van der Waals surface area (Å²) >= 11 is 0. The molecule has 2 heterocycles. The summed E-state index contributed by atoms with van der Waals surface area (Å²) in [4.78, 5) is 17.3. The summed E-state index contributed by atoms with van der Waals surface area (Å²) < 4.78 is 5.30. The monoisotopic (exact) mass is 350 g/mol.